The van der Waals surface area contributed by atoms with Crippen molar-refractivity contribution in [2.75, 3.05) is 0 Å². The summed E-state index contributed by atoms with van der Waals surface area (Å²) in [5.74, 6) is 3.89. The minimum absolute atomic E-state index is 0.256. The van der Waals surface area contributed by atoms with E-state index >= 15 is 4.39 Å². The molecule has 190 valence electrons. The zero-order valence-corrected chi connectivity index (χ0v) is 20.3. The molecule has 4 rings (SSSR count). The van der Waals surface area contributed by atoms with Gasteiger partial charge in [-0.25, -0.2) is 8.78 Å². The van der Waals surface area contributed by atoms with Crippen LogP contribution in [-0.2, 0) is 19.3 Å². The Labute approximate surface area is 212 Å². The first-order valence-electron chi connectivity index (χ1n) is 12.1. The molecule has 0 spiro atoms. The molecule has 0 atom stereocenters. The molecule has 0 unspecified atom stereocenters. The topological polar surface area (TPSA) is 9.23 Å². The lowest BCUT2D eigenvalue weighted by Crippen LogP contribution is -2.18. The third kappa shape index (κ3) is 7.10. The first kappa shape index (κ1) is 26.2. The summed E-state index contributed by atoms with van der Waals surface area (Å²) in [6.45, 7) is 2.17. The smallest absolute Gasteiger partial charge is 0.403 e. The van der Waals surface area contributed by atoms with Crippen LogP contribution in [0.25, 0.3) is 10.8 Å². The van der Waals surface area contributed by atoms with Crippen LogP contribution in [0.15, 0.2) is 72.8 Å². The molecule has 0 saturated heterocycles. The van der Waals surface area contributed by atoms with Gasteiger partial charge >= 0.3 is 6.36 Å². The van der Waals surface area contributed by atoms with Gasteiger partial charge in [-0.05, 0) is 84.2 Å². The van der Waals surface area contributed by atoms with Crippen molar-refractivity contribution in [3.05, 3.63) is 112 Å². The van der Waals surface area contributed by atoms with Gasteiger partial charge in [0.25, 0.3) is 0 Å². The molecular formula is C31H25F5O. The Morgan fingerprint density at radius 1 is 0.730 bits per heavy atom. The molecule has 0 saturated carbocycles. The number of hydrogen-bond donors (Lipinski definition) is 0. The van der Waals surface area contributed by atoms with Gasteiger partial charge in [0.15, 0.2) is 11.6 Å². The first-order chi connectivity index (χ1) is 17.7. The van der Waals surface area contributed by atoms with Crippen LogP contribution in [0, 0.1) is 23.5 Å². The molecule has 4 aromatic carbocycles. The van der Waals surface area contributed by atoms with Gasteiger partial charge in [0.05, 0.1) is 0 Å². The van der Waals surface area contributed by atoms with E-state index in [4.69, 9.17) is 0 Å². The maximum absolute atomic E-state index is 15.2. The van der Waals surface area contributed by atoms with Crippen LogP contribution in [0.5, 0.6) is 5.75 Å². The summed E-state index contributed by atoms with van der Waals surface area (Å²) in [5, 5.41) is 1.16. The number of halogens is 5. The van der Waals surface area contributed by atoms with Crippen molar-refractivity contribution in [2.45, 2.75) is 45.4 Å². The van der Waals surface area contributed by atoms with Gasteiger partial charge in [-0.2, -0.15) is 0 Å². The quantitative estimate of drug-likeness (QED) is 0.180. The minimum Gasteiger partial charge on any atom is -0.403 e. The lowest BCUT2D eigenvalue weighted by Gasteiger charge is -2.11. The Morgan fingerprint density at radius 2 is 1.43 bits per heavy atom. The molecule has 0 heterocycles. The van der Waals surface area contributed by atoms with Crippen LogP contribution in [0.1, 0.15) is 47.6 Å². The number of fused-ring (bicyclic) bond motifs is 1. The lowest BCUT2D eigenvalue weighted by molar-refractivity contribution is -0.275. The second-order valence-electron chi connectivity index (χ2n) is 8.84. The van der Waals surface area contributed by atoms with Crippen LogP contribution in [0.2, 0.25) is 0 Å². The molecule has 0 fully saturated rings. The zero-order chi connectivity index (χ0) is 26.4. The van der Waals surface area contributed by atoms with Crippen molar-refractivity contribution >= 4 is 10.8 Å². The van der Waals surface area contributed by atoms with Crippen LogP contribution in [0.4, 0.5) is 22.0 Å². The number of alkyl halides is 3. The van der Waals surface area contributed by atoms with Gasteiger partial charge in [-0.1, -0.05) is 61.6 Å². The first-order valence-corrected chi connectivity index (χ1v) is 12.1. The molecule has 0 N–H and O–H groups in total. The minimum atomic E-state index is -4.97. The van der Waals surface area contributed by atoms with Crippen LogP contribution in [0.3, 0.4) is 0 Å². The summed E-state index contributed by atoms with van der Waals surface area (Å²) in [4.78, 5) is 0. The van der Waals surface area contributed by atoms with E-state index in [2.05, 4.69) is 35.6 Å². The van der Waals surface area contributed by atoms with E-state index in [0.29, 0.717) is 21.9 Å². The summed E-state index contributed by atoms with van der Waals surface area (Å²) in [7, 11) is 0. The highest BCUT2D eigenvalue weighted by molar-refractivity contribution is 5.85. The van der Waals surface area contributed by atoms with Crippen LogP contribution < -0.4 is 4.74 Å². The summed E-state index contributed by atoms with van der Waals surface area (Å²) in [6, 6.07) is 20.2. The summed E-state index contributed by atoms with van der Waals surface area (Å²) < 4.78 is 69.7. The fourth-order valence-electron chi connectivity index (χ4n) is 4.07. The van der Waals surface area contributed by atoms with Crippen molar-refractivity contribution in [2.24, 2.45) is 0 Å². The van der Waals surface area contributed by atoms with Crippen molar-refractivity contribution in [1.29, 1.82) is 0 Å². The van der Waals surface area contributed by atoms with Crippen LogP contribution >= 0.6 is 0 Å². The Balaban J connectivity index is 1.45. The van der Waals surface area contributed by atoms with Gasteiger partial charge in [0, 0.05) is 16.5 Å². The molecule has 0 aliphatic heterocycles. The molecule has 4 aromatic rings. The van der Waals surface area contributed by atoms with Gasteiger partial charge in [0.2, 0.25) is 0 Å². The Morgan fingerprint density at radius 3 is 2.14 bits per heavy atom. The zero-order valence-electron chi connectivity index (χ0n) is 20.3. The molecule has 0 amide bonds. The van der Waals surface area contributed by atoms with E-state index < -0.39 is 17.9 Å². The van der Waals surface area contributed by atoms with E-state index in [9.17, 15) is 17.6 Å². The number of ether oxygens (including phenoxy) is 1. The van der Waals surface area contributed by atoms with Crippen molar-refractivity contribution in [1.82, 2.24) is 0 Å². The highest BCUT2D eigenvalue weighted by atomic mass is 19.4. The number of aryl methyl sites for hydroxylation is 3. The van der Waals surface area contributed by atoms with E-state index in [1.54, 1.807) is 18.2 Å². The highest BCUT2D eigenvalue weighted by Gasteiger charge is 2.32. The monoisotopic (exact) mass is 508 g/mol. The molecule has 0 aliphatic carbocycles. The van der Waals surface area contributed by atoms with Gasteiger partial charge in [-0.3, -0.25) is 0 Å². The van der Waals surface area contributed by atoms with Crippen molar-refractivity contribution in [3.8, 4) is 17.6 Å². The summed E-state index contributed by atoms with van der Waals surface area (Å²) >= 11 is 0. The molecule has 0 aromatic heterocycles. The Kier molecular flexibility index (Phi) is 8.13. The lowest BCUT2D eigenvalue weighted by atomic mass is 9.99. The highest BCUT2D eigenvalue weighted by Crippen LogP contribution is 2.27. The average molecular weight is 509 g/mol. The number of rotatable bonds is 7. The standard InChI is InChI=1S/C31H25F5O/c1-2-3-4-21-5-7-22(8-6-21)9-10-23-12-17-27-26(19-23)16-15-25(30(27)33)14-11-24-13-18-29(28(32)20-24)37-31(34,35)36/h5-8,12-13,15-20H,2-4,11,14H2,1H3. The summed E-state index contributed by atoms with van der Waals surface area (Å²) in [5.41, 5.74) is 3.85. The molecular weight excluding hydrogens is 483 g/mol. The molecule has 6 heteroatoms. The Bertz CT molecular complexity index is 1440. The second kappa shape index (κ2) is 11.5. The normalized spacial score (nSPS) is 11.3. The largest absolute Gasteiger partial charge is 0.573 e. The van der Waals surface area contributed by atoms with E-state index in [1.165, 1.54) is 11.6 Å². The number of hydrogen-bond acceptors (Lipinski definition) is 1. The predicted octanol–water partition coefficient (Wildman–Crippen LogP) is 8.54. The number of benzene rings is 4. The molecule has 37 heavy (non-hydrogen) atoms. The van der Waals surface area contributed by atoms with E-state index in [1.807, 2.05) is 24.3 Å². The van der Waals surface area contributed by atoms with E-state index in [0.717, 1.165) is 42.5 Å². The third-order valence-corrected chi connectivity index (χ3v) is 6.06. The fourth-order valence-corrected chi connectivity index (χ4v) is 4.07. The third-order valence-electron chi connectivity index (χ3n) is 6.06. The maximum atomic E-state index is 15.2. The number of unbranched alkanes of at least 4 members (excludes halogenated alkanes) is 1. The predicted molar refractivity (Wildman–Crippen MR) is 135 cm³/mol. The summed E-state index contributed by atoms with van der Waals surface area (Å²) in [6.07, 6.45) is -1.08. The van der Waals surface area contributed by atoms with Gasteiger partial charge < -0.3 is 4.74 Å². The van der Waals surface area contributed by atoms with Crippen LogP contribution in [-0.4, -0.2) is 6.36 Å². The van der Waals surface area contributed by atoms with Gasteiger partial charge in [-0.15, -0.1) is 13.2 Å². The van der Waals surface area contributed by atoms with Crippen molar-refractivity contribution < 1.29 is 26.7 Å². The van der Waals surface area contributed by atoms with E-state index in [-0.39, 0.29) is 18.7 Å². The molecule has 0 aliphatic rings. The maximum Gasteiger partial charge on any atom is 0.573 e. The average Bonchev–Trinajstić information content (AvgIpc) is 2.87. The van der Waals surface area contributed by atoms with Crippen molar-refractivity contribution in [3.63, 3.8) is 0 Å². The SMILES string of the molecule is CCCCc1ccc(C#Cc2ccc3c(F)c(CCc4ccc(OC(F)(F)F)c(F)c4)ccc3c2)cc1. The molecule has 1 nitrogen and oxygen atoms in total. The van der Waals surface area contributed by atoms with Gasteiger partial charge in [0.1, 0.15) is 5.82 Å². The molecule has 0 radical (unpaired) electrons. The fraction of sp³-hybridized carbons (Fsp3) is 0.226. The second-order valence-corrected chi connectivity index (χ2v) is 8.84. The Hall–Kier alpha value is -3.85. The molecule has 0 bridgehead atoms.